The molecule has 2 aliphatic rings. The SMILES string of the molecule is CCCC[C@@]1(c2ccccc2)NC(=O)N(CC(=O)N(Cc2ccco2)[C@@H]2CCS(=O)(=O)C2)C1=O. The average Bonchev–Trinajstić information content (AvgIpc) is 3.52. The van der Waals surface area contributed by atoms with E-state index in [1.54, 1.807) is 24.3 Å². The highest BCUT2D eigenvalue weighted by atomic mass is 32.2. The summed E-state index contributed by atoms with van der Waals surface area (Å²) in [6.45, 7) is 1.60. The molecule has 3 heterocycles. The lowest BCUT2D eigenvalue weighted by Crippen LogP contribution is -2.48. The molecular weight excluding hydrogens is 458 g/mol. The van der Waals surface area contributed by atoms with Crippen LogP contribution in [0.2, 0.25) is 0 Å². The van der Waals surface area contributed by atoms with Crippen molar-refractivity contribution in [2.75, 3.05) is 18.1 Å². The van der Waals surface area contributed by atoms with E-state index in [1.807, 2.05) is 25.1 Å². The van der Waals surface area contributed by atoms with Crippen LogP contribution in [0.1, 0.15) is 43.9 Å². The first-order valence-electron chi connectivity index (χ1n) is 11.5. The van der Waals surface area contributed by atoms with E-state index in [-0.39, 0.29) is 18.1 Å². The monoisotopic (exact) mass is 487 g/mol. The van der Waals surface area contributed by atoms with Gasteiger partial charge >= 0.3 is 6.03 Å². The fourth-order valence-electron chi connectivity index (χ4n) is 4.68. The summed E-state index contributed by atoms with van der Waals surface area (Å²) in [5, 5.41) is 2.84. The Kier molecular flexibility index (Phi) is 6.79. The molecule has 0 spiro atoms. The first-order chi connectivity index (χ1) is 16.3. The second kappa shape index (κ2) is 9.61. The molecule has 182 valence electrons. The Labute approximate surface area is 199 Å². The van der Waals surface area contributed by atoms with Crippen molar-refractivity contribution >= 4 is 27.7 Å². The second-order valence-electron chi connectivity index (χ2n) is 8.85. The summed E-state index contributed by atoms with van der Waals surface area (Å²) in [6.07, 6.45) is 3.75. The van der Waals surface area contributed by atoms with Gasteiger partial charge < -0.3 is 14.6 Å². The normalized spacial score (nSPS) is 23.8. The highest BCUT2D eigenvalue weighted by Crippen LogP contribution is 2.34. The lowest BCUT2D eigenvalue weighted by atomic mass is 9.85. The van der Waals surface area contributed by atoms with Crippen molar-refractivity contribution in [3.05, 3.63) is 60.1 Å². The number of nitrogens with zero attached hydrogens (tertiary/aromatic N) is 2. The molecule has 0 radical (unpaired) electrons. The summed E-state index contributed by atoms with van der Waals surface area (Å²) >= 11 is 0. The van der Waals surface area contributed by atoms with Crippen LogP contribution >= 0.6 is 0 Å². The van der Waals surface area contributed by atoms with Crippen LogP contribution in [0.15, 0.2) is 53.1 Å². The van der Waals surface area contributed by atoms with Crippen LogP contribution in [0.4, 0.5) is 4.79 Å². The Morgan fingerprint density at radius 3 is 2.59 bits per heavy atom. The molecule has 0 bridgehead atoms. The van der Waals surface area contributed by atoms with Gasteiger partial charge in [0.2, 0.25) is 5.91 Å². The Balaban J connectivity index is 1.58. The summed E-state index contributed by atoms with van der Waals surface area (Å²) < 4.78 is 29.5. The van der Waals surface area contributed by atoms with E-state index < -0.39 is 45.8 Å². The van der Waals surface area contributed by atoms with Crippen LogP contribution in [0.5, 0.6) is 0 Å². The molecule has 2 fully saturated rings. The number of hydrogen-bond acceptors (Lipinski definition) is 6. The number of urea groups is 1. The van der Waals surface area contributed by atoms with Gasteiger partial charge in [-0.3, -0.25) is 14.5 Å². The number of sulfone groups is 1. The molecule has 10 heteroatoms. The van der Waals surface area contributed by atoms with Crippen LogP contribution in [0.25, 0.3) is 0 Å². The Morgan fingerprint density at radius 2 is 1.97 bits per heavy atom. The molecule has 2 saturated heterocycles. The molecule has 2 aliphatic heterocycles. The van der Waals surface area contributed by atoms with Crippen LogP contribution in [-0.2, 0) is 31.5 Å². The first kappa shape index (κ1) is 24.0. The number of amides is 4. The van der Waals surface area contributed by atoms with Crippen LogP contribution in [-0.4, -0.2) is 60.2 Å². The minimum absolute atomic E-state index is 0.00311. The van der Waals surface area contributed by atoms with Crippen LogP contribution in [0.3, 0.4) is 0 Å². The van der Waals surface area contributed by atoms with Crippen molar-refractivity contribution in [1.82, 2.24) is 15.1 Å². The molecule has 0 saturated carbocycles. The number of unbranched alkanes of at least 4 members (excludes halogenated alkanes) is 1. The van der Waals surface area contributed by atoms with Gasteiger partial charge in [0, 0.05) is 6.04 Å². The predicted molar refractivity (Wildman–Crippen MR) is 124 cm³/mol. The predicted octanol–water partition coefficient (Wildman–Crippen LogP) is 2.43. The molecule has 34 heavy (non-hydrogen) atoms. The molecule has 1 N–H and O–H groups in total. The van der Waals surface area contributed by atoms with E-state index in [2.05, 4.69) is 5.32 Å². The number of hydrogen-bond donors (Lipinski definition) is 1. The molecule has 4 amide bonds. The van der Waals surface area contributed by atoms with E-state index in [1.165, 1.54) is 11.2 Å². The van der Waals surface area contributed by atoms with Gasteiger partial charge in [-0.05, 0) is 30.5 Å². The zero-order valence-electron chi connectivity index (χ0n) is 19.1. The number of rotatable bonds is 9. The Hall–Kier alpha value is -3.14. The van der Waals surface area contributed by atoms with Gasteiger partial charge in [-0.25, -0.2) is 13.2 Å². The van der Waals surface area contributed by atoms with Crippen molar-refractivity contribution in [3.63, 3.8) is 0 Å². The van der Waals surface area contributed by atoms with Gasteiger partial charge in [-0.15, -0.1) is 0 Å². The standard InChI is InChI=1S/C24H29N3O6S/c1-2-3-12-24(18-8-5-4-6-9-18)22(29)27(23(30)25-24)16-21(28)26(15-20-10-7-13-33-20)19-11-14-34(31,32)17-19/h4-10,13,19H,2-3,11-12,14-17H2,1H3,(H,25,30)/t19-,24+/m1/s1. The third-order valence-electron chi connectivity index (χ3n) is 6.52. The Bertz CT molecular complexity index is 1150. The molecule has 0 unspecified atom stereocenters. The maximum atomic E-state index is 13.6. The largest absolute Gasteiger partial charge is 0.467 e. The molecule has 9 nitrogen and oxygen atoms in total. The molecule has 1 aromatic carbocycles. The van der Waals surface area contributed by atoms with Crippen molar-refractivity contribution in [1.29, 1.82) is 0 Å². The molecular formula is C24H29N3O6S. The van der Waals surface area contributed by atoms with Gasteiger partial charge in [-0.1, -0.05) is 50.1 Å². The third kappa shape index (κ3) is 4.72. The molecule has 2 aromatic rings. The molecule has 1 aromatic heterocycles. The van der Waals surface area contributed by atoms with Gasteiger partial charge in [0.05, 0.1) is 24.3 Å². The fraction of sp³-hybridized carbons (Fsp3) is 0.458. The van der Waals surface area contributed by atoms with E-state index in [4.69, 9.17) is 4.42 Å². The van der Waals surface area contributed by atoms with Gasteiger partial charge in [0.1, 0.15) is 17.8 Å². The van der Waals surface area contributed by atoms with E-state index in [0.717, 1.165) is 11.3 Å². The summed E-state index contributed by atoms with van der Waals surface area (Å²) in [7, 11) is -3.25. The number of furan rings is 1. The molecule has 2 atom stereocenters. The summed E-state index contributed by atoms with van der Waals surface area (Å²) in [6, 6.07) is 11.3. The van der Waals surface area contributed by atoms with Crippen molar-refractivity contribution in [3.8, 4) is 0 Å². The number of nitrogens with one attached hydrogen (secondary N) is 1. The first-order valence-corrected chi connectivity index (χ1v) is 13.3. The van der Waals surface area contributed by atoms with Crippen molar-refractivity contribution in [2.45, 2.75) is 50.7 Å². The highest BCUT2D eigenvalue weighted by Gasteiger charge is 2.52. The topological polar surface area (TPSA) is 117 Å². The third-order valence-corrected chi connectivity index (χ3v) is 8.27. The van der Waals surface area contributed by atoms with E-state index in [9.17, 15) is 22.8 Å². The average molecular weight is 488 g/mol. The van der Waals surface area contributed by atoms with Crippen molar-refractivity contribution in [2.24, 2.45) is 0 Å². The smallest absolute Gasteiger partial charge is 0.325 e. The number of benzene rings is 1. The van der Waals surface area contributed by atoms with E-state index in [0.29, 0.717) is 30.6 Å². The maximum absolute atomic E-state index is 13.6. The summed E-state index contributed by atoms with van der Waals surface area (Å²) in [5.41, 5.74) is -0.553. The highest BCUT2D eigenvalue weighted by molar-refractivity contribution is 7.91. The minimum Gasteiger partial charge on any atom is -0.467 e. The van der Waals surface area contributed by atoms with E-state index >= 15 is 0 Å². The second-order valence-corrected chi connectivity index (χ2v) is 11.1. The summed E-state index contributed by atoms with van der Waals surface area (Å²) in [4.78, 5) is 42.3. The lowest BCUT2D eigenvalue weighted by molar-refractivity contribution is -0.141. The number of carbonyl (C=O) groups is 3. The maximum Gasteiger partial charge on any atom is 0.325 e. The van der Waals surface area contributed by atoms with Gasteiger partial charge in [-0.2, -0.15) is 0 Å². The fourth-order valence-corrected chi connectivity index (χ4v) is 6.41. The van der Waals surface area contributed by atoms with Crippen LogP contribution < -0.4 is 5.32 Å². The minimum atomic E-state index is -3.25. The Morgan fingerprint density at radius 1 is 1.21 bits per heavy atom. The lowest BCUT2D eigenvalue weighted by Gasteiger charge is -2.30. The number of imide groups is 1. The molecule has 0 aliphatic carbocycles. The quantitative estimate of drug-likeness (QED) is 0.543. The van der Waals surface area contributed by atoms with Crippen LogP contribution in [0, 0.1) is 0 Å². The van der Waals surface area contributed by atoms with Gasteiger partial charge in [0.25, 0.3) is 5.91 Å². The molecule has 4 rings (SSSR count). The zero-order chi connectivity index (χ0) is 24.3. The van der Waals surface area contributed by atoms with Gasteiger partial charge in [0.15, 0.2) is 9.84 Å². The van der Waals surface area contributed by atoms with Crippen molar-refractivity contribution < 1.29 is 27.2 Å². The number of carbonyl (C=O) groups excluding carboxylic acids is 3. The summed E-state index contributed by atoms with van der Waals surface area (Å²) in [5.74, 6) is -0.624. The zero-order valence-corrected chi connectivity index (χ0v) is 19.9.